The summed E-state index contributed by atoms with van der Waals surface area (Å²) >= 11 is 0. The van der Waals surface area contributed by atoms with Gasteiger partial charge in [-0.05, 0) is 49.6 Å². The van der Waals surface area contributed by atoms with Crippen LogP contribution in [0.3, 0.4) is 0 Å². The molecule has 2 heteroatoms. The average molecular weight is 363 g/mol. The molecule has 2 aromatic rings. The van der Waals surface area contributed by atoms with Gasteiger partial charge in [0, 0.05) is 5.92 Å². The highest BCUT2D eigenvalue weighted by atomic mass is 28.3. The fourth-order valence-corrected chi connectivity index (χ4v) is 10.7. The first kappa shape index (κ1) is 17.7. The first-order valence-electron chi connectivity index (χ1n) is 10.4. The van der Waals surface area contributed by atoms with Crippen molar-refractivity contribution in [3.05, 3.63) is 60.7 Å². The summed E-state index contributed by atoms with van der Waals surface area (Å²) in [5, 5.41) is 3.24. The molecule has 1 aliphatic carbocycles. The molecule has 0 unspecified atom stereocenters. The molecule has 0 atom stereocenters. The van der Waals surface area contributed by atoms with Gasteiger partial charge >= 0.3 is 0 Å². The molecule has 0 aromatic heterocycles. The number of carbonyl (C=O) groups excluding carboxylic acids is 1. The lowest BCUT2D eigenvalue weighted by molar-refractivity contribution is -0.112. The van der Waals surface area contributed by atoms with Gasteiger partial charge < -0.3 is 4.79 Å². The van der Waals surface area contributed by atoms with Crippen LogP contribution in [0.15, 0.2) is 60.7 Å². The van der Waals surface area contributed by atoms with Crippen LogP contribution in [0.5, 0.6) is 0 Å². The second-order valence-corrected chi connectivity index (χ2v) is 12.8. The SMILES string of the molecule is O=CC1CCC(C2CC[Si](c3ccccc3)(c3ccccc3)CC2)CC1. The van der Waals surface area contributed by atoms with Crippen molar-refractivity contribution < 1.29 is 4.79 Å². The second-order valence-electron chi connectivity index (χ2n) is 8.46. The van der Waals surface area contributed by atoms with Crippen LogP contribution in [0.1, 0.15) is 38.5 Å². The van der Waals surface area contributed by atoms with Crippen LogP contribution >= 0.6 is 0 Å². The van der Waals surface area contributed by atoms with E-state index in [1.807, 2.05) is 0 Å². The Kier molecular flexibility index (Phi) is 5.40. The molecule has 0 spiro atoms. The molecule has 1 nitrogen and oxygen atoms in total. The van der Waals surface area contributed by atoms with Crippen molar-refractivity contribution in [1.82, 2.24) is 0 Å². The van der Waals surface area contributed by atoms with Crippen molar-refractivity contribution in [2.75, 3.05) is 0 Å². The first-order chi connectivity index (χ1) is 12.8. The minimum absolute atomic E-state index is 0.344. The van der Waals surface area contributed by atoms with Crippen molar-refractivity contribution in [2.45, 2.75) is 50.6 Å². The standard InChI is InChI=1S/C24H30OSi/c25-19-20-11-13-21(14-12-20)22-15-17-26(18-16-22,23-7-3-1-4-8-23)24-9-5-2-6-10-24/h1-10,19-22H,11-18H2. The van der Waals surface area contributed by atoms with Crippen LogP contribution in [-0.4, -0.2) is 14.4 Å². The van der Waals surface area contributed by atoms with Gasteiger partial charge in [0.15, 0.2) is 0 Å². The molecule has 136 valence electrons. The molecule has 4 rings (SSSR count). The molecule has 0 N–H and O–H groups in total. The molecule has 2 aliphatic rings. The number of hydrogen-bond donors (Lipinski definition) is 0. The molecule has 0 radical (unpaired) electrons. The Morgan fingerprint density at radius 2 is 1.12 bits per heavy atom. The van der Waals surface area contributed by atoms with E-state index in [-0.39, 0.29) is 0 Å². The van der Waals surface area contributed by atoms with Gasteiger partial charge in [-0.25, -0.2) is 0 Å². The van der Waals surface area contributed by atoms with E-state index in [0.717, 1.165) is 24.7 Å². The lowest BCUT2D eigenvalue weighted by atomic mass is 9.74. The maximum atomic E-state index is 11.0. The highest BCUT2D eigenvalue weighted by Gasteiger charge is 2.42. The average Bonchev–Trinajstić information content (AvgIpc) is 2.75. The molecule has 2 aromatic carbocycles. The van der Waals surface area contributed by atoms with Gasteiger partial charge in [0.1, 0.15) is 14.4 Å². The smallest absolute Gasteiger partial charge is 0.123 e. The zero-order valence-corrected chi connectivity index (χ0v) is 16.6. The number of benzene rings is 2. The number of carbonyl (C=O) groups is 1. The van der Waals surface area contributed by atoms with Crippen molar-refractivity contribution in [1.29, 1.82) is 0 Å². The Hall–Kier alpha value is -1.67. The van der Waals surface area contributed by atoms with Crippen LogP contribution < -0.4 is 10.4 Å². The topological polar surface area (TPSA) is 17.1 Å². The largest absolute Gasteiger partial charge is 0.303 e. The second kappa shape index (κ2) is 7.92. The zero-order chi connectivity index (χ0) is 17.8. The van der Waals surface area contributed by atoms with E-state index >= 15 is 0 Å². The minimum atomic E-state index is -1.62. The summed E-state index contributed by atoms with van der Waals surface area (Å²) in [6.07, 6.45) is 8.77. The molecule has 0 bridgehead atoms. The summed E-state index contributed by atoms with van der Waals surface area (Å²) in [4.78, 5) is 11.0. The predicted molar refractivity (Wildman–Crippen MR) is 112 cm³/mol. The normalized spacial score (nSPS) is 26.3. The Balaban J connectivity index is 1.53. The van der Waals surface area contributed by atoms with Gasteiger partial charge in [-0.15, -0.1) is 0 Å². The lowest BCUT2D eigenvalue weighted by Crippen LogP contribution is -2.60. The fourth-order valence-electron chi connectivity index (χ4n) is 5.62. The van der Waals surface area contributed by atoms with Gasteiger partial charge in [0.2, 0.25) is 0 Å². The summed E-state index contributed by atoms with van der Waals surface area (Å²) < 4.78 is 0. The molecule has 26 heavy (non-hydrogen) atoms. The summed E-state index contributed by atoms with van der Waals surface area (Å²) in [5.74, 6) is 2.09. The van der Waals surface area contributed by atoms with Crippen LogP contribution in [0.2, 0.25) is 12.1 Å². The number of hydrogen-bond acceptors (Lipinski definition) is 1. The third-order valence-corrected chi connectivity index (χ3v) is 12.4. The van der Waals surface area contributed by atoms with E-state index < -0.39 is 8.07 Å². The number of rotatable bonds is 4. The molecule has 1 heterocycles. The van der Waals surface area contributed by atoms with Crippen molar-refractivity contribution in [2.24, 2.45) is 17.8 Å². The lowest BCUT2D eigenvalue weighted by Gasteiger charge is -2.43. The summed E-state index contributed by atoms with van der Waals surface area (Å²) in [6, 6.07) is 25.5. The number of aldehydes is 1. The van der Waals surface area contributed by atoms with Crippen LogP contribution in [0.4, 0.5) is 0 Å². The highest BCUT2D eigenvalue weighted by Crippen LogP contribution is 2.42. The third-order valence-electron chi connectivity index (χ3n) is 7.21. The molecular formula is C24H30OSi. The molecule has 1 saturated carbocycles. The Morgan fingerprint density at radius 3 is 1.58 bits per heavy atom. The van der Waals surface area contributed by atoms with Crippen molar-refractivity contribution in [3.63, 3.8) is 0 Å². The van der Waals surface area contributed by atoms with Gasteiger partial charge in [0.05, 0.1) is 0 Å². The molecule has 1 saturated heterocycles. The van der Waals surface area contributed by atoms with Gasteiger partial charge in [0.25, 0.3) is 0 Å². The first-order valence-corrected chi connectivity index (χ1v) is 12.8. The van der Waals surface area contributed by atoms with E-state index in [4.69, 9.17) is 0 Å². The predicted octanol–water partition coefficient (Wildman–Crippen LogP) is 4.66. The van der Waals surface area contributed by atoms with Gasteiger partial charge in [-0.1, -0.05) is 83.9 Å². The fraction of sp³-hybridized carbons (Fsp3) is 0.458. The Morgan fingerprint density at radius 1 is 0.654 bits per heavy atom. The molecule has 1 aliphatic heterocycles. The van der Waals surface area contributed by atoms with Gasteiger partial charge in [-0.2, -0.15) is 0 Å². The van der Waals surface area contributed by atoms with E-state index in [9.17, 15) is 4.79 Å². The van der Waals surface area contributed by atoms with Crippen LogP contribution in [0, 0.1) is 17.8 Å². The Labute approximate surface area is 158 Å². The van der Waals surface area contributed by atoms with Crippen molar-refractivity contribution >= 4 is 24.7 Å². The molecule has 2 fully saturated rings. The molecule has 0 amide bonds. The highest BCUT2D eigenvalue weighted by molar-refractivity contribution is 7.02. The quantitative estimate of drug-likeness (QED) is 0.571. The summed E-state index contributed by atoms with van der Waals surface area (Å²) in [6.45, 7) is 0. The maximum Gasteiger partial charge on any atom is 0.123 e. The minimum Gasteiger partial charge on any atom is -0.303 e. The van der Waals surface area contributed by atoms with Gasteiger partial charge in [-0.3, -0.25) is 0 Å². The summed E-state index contributed by atoms with van der Waals surface area (Å²) in [5.41, 5.74) is 0. The van der Waals surface area contributed by atoms with E-state index in [2.05, 4.69) is 60.7 Å². The third kappa shape index (κ3) is 3.44. The van der Waals surface area contributed by atoms with Crippen molar-refractivity contribution in [3.8, 4) is 0 Å². The van der Waals surface area contributed by atoms with E-state index in [1.165, 1.54) is 44.1 Å². The monoisotopic (exact) mass is 362 g/mol. The van der Waals surface area contributed by atoms with Crippen LogP contribution in [0.25, 0.3) is 0 Å². The van der Waals surface area contributed by atoms with E-state index in [0.29, 0.717) is 5.92 Å². The maximum absolute atomic E-state index is 11.0. The van der Waals surface area contributed by atoms with E-state index in [1.54, 1.807) is 10.4 Å². The summed E-state index contributed by atoms with van der Waals surface area (Å²) in [7, 11) is -1.62. The molecular weight excluding hydrogens is 332 g/mol. The Bertz CT molecular complexity index is 654. The zero-order valence-electron chi connectivity index (χ0n) is 15.6. The van der Waals surface area contributed by atoms with Crippen LogP contribution in [-0.2, 0) is 4.79 Å².